The molecule has 3 rings (SSSR count). The summed E-state index contributed by atoms with van der Waals surface area (Å²) in [6, 6.07) is 9.08. The summed E-state index contributed by atoms with van der Waals surface area (Å²) in [5.74, 6) is 2.21. The zero-order valence-corrected chi connectivity index (χ0v) is 14.8. The van der Waals surface area contributed by atoms with Crippen molar-refractivity contribution < 1.29 is 4.42 Å². The molecule has 0 aromatic carbocycles. The molecule has 3 aromatic heterocycles. The summed E-state index contributed by atoms with van der Waals surface area (Å²) in [5.41, 5.74) is 1.40. The van der Waals surface area contributed by atoms with Crippen LogP contribution in [-0.4, -0.2) is 21.5 Å². The van der Waals surface area contributed by atoms with Gasteiger partial charge in [0.25, 0.3) is 5.56 Å². The van der Waals surface area contributed by atoms with Crippen LogP contribution in [0.15, 0.2) is 50.4 Å². The number of halogens is 1. The van der Waals surface area contributed by atoms with Gasteiger partial charge in [-0.15, -0.1) is 0 Å². The molecule has 0 atom stereocenters. The third-order valence-electron chi connectivity index (χ3n) is 3.50. The number of nitrogens with zero attached hydrogens (tertiary/aromatic N) is 2. The van der Waals surface area contributed by atoms with Crippen molar-refractivity contribution in [3.8, 4) is 11.4 Å². The van der Waals surface area contributed by atoms with Gasteiger partial charge in [0.15, 0.2) is 4.67 Å². The monoisotopic (exact) mass is 388 g/mol. The molecule has 0 saturated heterocycles. The molecule has 3 aromatic rings. The van der Waals surface area contributed by atoms with E-state index in [4.69, 9.17) is 4.42 Å². The molecule has 0 bridgehead atoms. The fourth-order valence-corrected chi connectivity index (χ4v) is 2.60. The van der Waals surface area contributed by atoms with Gasteiger partial charge in [-0.25, -0.2) is 9.97 Å². The minimum atomic E-state index is -0.149. The second-order valence-corrected chi connectivity index (χ2v) is 6.04. The van der Waals surface area contributed by atoms with E-state index in [1.165, 1.54) is 6.07 Å². The molecule has 0 aliphatic heterocycles. The Bertz CT molecular complexity index is 871. The van der Waals surface area contributed by atoms with E-state index in [2.05, 4.69) is 36.2 Å². The first-order valence-electron chi connectivity index (χ1n) is 7.69. The standard InChI is InChI=1S/C17H17BrN4O2/c1-2-12-9-16(23)22-17(21-12)11-3-6-15(20-10-11)19-8-7-13-4-5-14(18)24-13/h3-6,9-10H,2,7-8H2,1H3,(H,19,20)(H,21,22,23). The van der Waals surface area contributed by atoms with Gasteiger partial charge in [0.2, 0.25) is 0 Å². The van der Waals surface area contributed by atoms with Crippen LogP contribution in [0.2, 0.25) is 0 Å². The van der Waals surface area contributed by atoms with Gasteiger partial charge in [-0.05, 0) is 46.6 Å². The number of aromatic nitrogens is 3. The number of anilines is 1. The van der Waals surface area contributed by atoms with Crippen LogP contribution < -0.4 is 10.9 Å². The molecule has 0 radical (unpaired) electrons. The summed E-state index contributed by atoms with van der Waals surface area (Å²) < 4.78 is 6.18. The first-order valence-corrected chi connectivity index (χ1v) is 8.48. The molecule has 6 nitrogen and oxygen atoms in total. The normalized spacial score (nSPS) is 10.8. The highest BCUT2D eigenvalue weighted by molar-refractivity contribution is 9.10. The first kappa shape index (κ1) is 16.4. The van der Waals surface area contributed by atoms with E-state index in [0.29, 0.717) is 18.8 Å². The molecule has 24 heavy (non-hydrogen) atoms. The molecule has 0 spiro atoms. The Balaban J connectivity index is 1.65. The van der Waals surface area contributed by atoms with Crippen LogP contribution in [0.1, 0.15) is 18.4 Å². The number of aryl methyl sites for hydroxylation is 1. The zero-order chi connectivity index (χ0) is 16.9. The number of rotatable bonds is 6. The number of aromatic amines is 1. The highest BCUT2D eigenvalue weighted by Crippen LogP contribution is 2.16. The Morgan fingerprint density at radius 1 is 1.29 bits per heavy atom. The number of pyridine rings is 1. The largest absolute Gasteiger partial charge is 0.454 e. The molecule has 0 aliphatic carbocycles. The maximum absolute atomic E-state index is 11.6. The molecular weight excluding hydrogens is 372 g/mol. The lowest BCUT2D eigenvalue weighted by molar-refractivity contribution is 0.491. The van der Waals surface area contributed by atoms with Gasteiger partial charge in [-0.1, -0.05) is 6.92 Å². The number of hydrogen-bond donors (Lipinski definition) is 2. The van der Waals surface area contributed by atoms with Crippen molar-refractivity contribution in [1.82, 2.24) is 15.0 Å². The van der Waals surface area contributed by atoms with Gasteiger partial charge in [-0.3, -0.25) is 4.79 Å². The smallest absolute Gasteiger partial charge is 0.251 e. The summed E-state index contributed by atoms with van der Waals surface area (Å²) >= 11 is 3.28. The molecule has 0 fully saturated rings. The van der Waals surface area contributed by atoms with Crippen molar-refractivity contribution >= 4 is 21.7 Å². The molecule has 7 heteroatoms. The van der Waals surface area contributed by atoms with Crippen LogP contribution in [0.4, 0.5) is 5.82 Å². The lowest BCUT2D eigenvalue weighted by Gasteiger charge is -2.06. The predicted molar refractivity (Wildman–Crippen MR) is 96.1 cm³/mol. The lowest BCUT2D eigenvalue weighted by Crippen LogP contribution is -2.10. The third-order valence-corrected chi connectivity index (χ3v) is 3.93. The average molecular weight is 389 g/mol. The van der Waals surface area contributed by atoms with Crippen molar-refractivity contribution in [2.24, 2.45) is 0 Å². The highest BCUT2D eigenvalue weighted by Gasteiger charge is 2.05. The van der Waals surface area contributed by atoms with Gasteiger partial charge in [-0.2, -0.15) is 0 Å². The van der Waals surface area contributed by atoms with E-state index in [-0.39, 0.29) is 5.56 Å². The topological polar surface area (TPSA) is 83.8 Å². The quantitative estimate of drug-likeness (QED) is 0.675. The van der Waals surface area contributed by atoms with E-state index in [0.717, 1.165) is 33.9 Å². The van der Waals surface area contributed by atoms with Crippen LogP contribution >= 0.6 is 15.9 Å². The van der Waals surface area contributed by atoms with Crippen LogP contribution in [-0.2, 0) is 12.8 Å². The molecule has 0 saturated carbocycles. The van der Waals surface area contributed by atoms with Crippen molar-refractivity contribution in [2.45, 2.75) is 19.8 Å². The van der Waals surface area contributed by atoms with Gasteiger partial charge in [0.05, 0.1) is 0 Å². The van der Waals surface area contributed by atoms with Crippen molar-refractivity contribution in [3.63, 3.8) is 0 Å². The van der Waals surface area contributed by atoms with Gasteiger partial charge < -0.3 is 14.7 Å². The number of hydrogen-bond acceptors (Lipinski definition) is 5. The zero-order valence-electron chi connectivity index (χ0n) is 13.2. The van der Waals surface area contributed by atoms with Crippen molar-refractivity contribution in [1.29, 1.82) is 0 Å². The molecule has 0 aliphatic rings. The van der Waals surface area contributed by atoms with Crippen LogP contribution in [0, 0.1) is 0 Å². The van der Waals surface area contributed by atoms with E-state index >= 15 is 0 Å². The Labute approximate surface area is 147 Å². The Hall–Kier alpha value is -2.41. The summed E-state index contributed by atoms with van der Waals surface area (Å²) in [7, 11) is 0. The first-order chi connectivity index (χ1) is 11.6. The molecule has 124 valence electrons. The minimum Gasteiger partial charge on any atom is -0.454 e. The average Bonchev–Trinajstić information content (AvgIpc) is 3.00. The molecule has 3 heterocycles. The van der Waals surface area contributed by atoms with E-state index in [9.17, 15) is 4.79 Å². The number of nitrogens with one attached hydrogen (secondary N) is 2. The van der Waals surface area contributed by atoms with Gasteiger partial charge in [0.1, 0.15) is 17.4 Å². The summed E-state index contributed by atoms with van der Waals surface area (Å²) in [5, 5.41) is 3.24. The van der Waals surface area contributed by atoms with Crippen LogP contribution in [0.5, 0.6) is 0 Å². The van der Waals surface area contributed by atoms with Crippen molar-refractivity contribution in [2.75, 3.05) is 11.9 Å². The Morgan fingerprint density at radius 2 is 2.17 bits per heavy atom. The Morgan fingerprint density at radius 3 is 2.83 bits per heavy atom. The Kier molecular flexibility index (Phi) is 5.10. The second-order valence-electron chi connectivity index (χ2n) is 5.25. The van der Waals surface area contributed by atoms with E-state index in [1.54, 1.807) is 6.20 Å². The summed E-state index contributed by atoms with van der Waals surface area (Å²) in [6.45, 7) is 2.68. The summed E-state index contributed by atoms with van der Waals surface area (Å²) in [4.78, 5) is 23.2. The van der Waals surface area contributed by atoms with E-state index < -0.39 is 0 Å². The van der Waals surface area contributed by atoms with Gasteiger partial charge >= 0.3 is 0 Å². The highest BCUT2D eigenvalue weighted by atomic mass is 79.9. The van der Waals surface area contributed by atoms with Crippen molar-refractivity contribution in [3.05, 3.63) is 63.0 Å². The maximum Gasteiger partial charge on any atom is 0.251 e. The SMILES string of the molecule is CCc1cc(=O)[nH]c(-c2ccc(NCCc3ccc(Br)o3)nc2)n1. The lowest BCUT2D eigenvalue weighted by atomic mass is 10.2. The minimum absolute atomic E-state index is 0.149. The molecule has 0 amide bonds. The molecular formula is C17H17BrN4O2. The number of H-pyrrole nitrogens is 1. The summed E-state index contributed by atoms with van der Waals surface area (Å²) in [6.07, 6.45) is 3.18. The molecule has 2 N–H and O–H groups in total. The second kappa shape index (κ2) is 7.44. The fourth-order valence-electron chi connectivity index (χ4n) is 2.26. The predicted octanol–water partition coefficient (Wildman–Crippen LogP) is 3.40. The number of furan rings is 1. The van der Waals surface area contributed by atoms with Gasteiger partial charge in [0, 0.05) is 36.5 Å². The van der Waals surface area contributed by atoms with Crippen LogP contribution in [0.3, 0.4) is 0 Å². The van der Waals surface area contributed by atoms with E-state index in [1.807, 2.05) is 31.2 Å². The maximum atomic E-state index is 11.6. The molecule has 0 unspecified atom stereocenters. The van der Waals surface area contributed by atoms with Crippen LogP contribution in [0.25, 0.3) is 11.4 Å². The third kappa shape index (κ3) is 4.11. The fraction of sp³-hybridized carbons (Fsp3) is 0.235.